The van der Waals surface area contributed by atoms with E-state index in [4.69, 9.17) is 0 Å². The highest BCUT2D eigenvalue weighted by atomic mass is 16.2. The molecule has 2 aromatic rings. The van der Waals surface area contributed by atoms with Crippen LogP contribution in [0.3, 0.4) is 0 Å². The van der Waals surface area contributed by atoms with Crippen LogP contribution in [0, 0.1) is 0 Å². The van der Waals surface area contributed by atoms with E-state index >= 15 is 0 Å². The minimum absolute atomic E-state index is 0.0199. The van der Waals surface area contributed by atoms with Crippen molar-refractivity contribution in [3.63, 3.8) is 0 Å². The molecule has 0 saturated carbocycles. The number of nitrogens with one attached hydrogen (secondary N) is 1. The van der Waals surface area contributed by atoms with Gasteiger partial charge in [0.15, 0.2) is 0 Å². The zero-order valence-electron chi connectivity index (χ0n) is 15.4. The lowest BCUT2D eigenvalue weighted by Gasteiger charge is -2.19. The lowest BCUT2D eigenvalue weighted by Crippen LogP contribution is -2.31. The summed E-state index contributed by atoms with van der Waals surface area (Å²) in [6.07, 6.45) is 6.18. The molecule has 0 radical (unpaired) electrons. The van der Waals surface area contributed by atoms with Crippen LogP contribution in [0.15, 0.2) is 36.7 Å². The number of amides is 1. The number of rotatable bonds is 6. The molecular formula is C20H28N4O. The summed E-state index contributed by atoms with van der Waals surface area (Å²) in [5, 5.41) is 3.06. The third kappa shape index (κ3) is 4.03. The maximum atomic E-state index is 12.6. The summed E-state index contributed by atoms with van der Waals surface area (Å²) >= 11 is 0. The van der Waals surface area contributed by atoms with Crippen molar-refractivity contribution in [1.82, 2.24) is 14.9 Å². The molecular weight excluding hydrogens is 312 g/mol. The molecule has 1 aliphatic heterocycles. The van der Waals surface area contributed by atoms with Crippen molar-refractivity contribution in [2.75, 3.05) is 18.0 Å². The summed E-state index contributed by atoms with van der Waals surface area (Å²) in [6.45, 7) is 8.91. The van der Waals surface area contributed by atoms with Crippen molar-refractivity contribution >= 4 is 11.6 Å². The first-order valence-corrected chi connectivity index (χ1v) is 9.20. The first kappa shape index (κ1) is 17.5. The molecule has 1 amide bonds. The number of hydrogen-bond acceptors (Lipinski definition) is 3. The van der Waals surface area contributed by atoms with Gasteiger partial charge in [0.05, 0.1) is 0 Å². The molecule has 0 spiro atoms. The second-order valence-electron chi connectivity index (χ2n) is 7.11. The molecule has 1 aliphatic rings. The van der Waals surface area contributed by atoms with Crippen LogP contribution in [-0.2, 0) is 11.3 Å². The first-order chi connectivity index (χ1) is 12.1. The highest BCUT2D eigenvalue weighted by molar-refractivity contribution is 5.80. The quantitative estimate of drug-likeness (QED) is 0.876. The maximum Gasteiger partial charge on any atom is 0.243 e. The smallest absolute Gasteiger partial charge is 0.243 e. The van der Waals surface area contributed by atoms with Gasteiger partial charge in [-0.2, -0.15) is 0 Å². The summed E-state index contributed by atoms with van der Waals surface area (Å²) in [4.78, 5) is 19.3. The molecule has 0 bridgehead atoms. The van der Waals surface area contributed by atoms with Crippen LogP contribution in [0.1, 0.15) is 57.0 Å². The van der Waals surface area contributed by atoms with Crippen molar-refractivity contribution in [1.29, 1.82) is 0 Å². The summed E-state index contributed by atoms with van der Waals surface area (Å²) in [5.74, 6) is 1.26. The van der Waals surface area contributed by atoms with E-state index in [2.05, 4.69) is 53.3 Å². The van der Waals surface area contributed by atoms with Crippen LogP contribution in [0.25, 0.3) is 0 Å². The zero-order valence-corrected chi connectivity index (χ0v) is 15.4. The monoisotopic (exact) mass is 340 g/mol. The molecule has 5 heteroatoms. The van der Waals surface area contributed by atoms with Crippen LogP contribution in [0.2, 0.25) is 0 Å². The van der Waals surface area contributed by atoms with Crippen molar-refractivity contribution < 1.29 is 4.79 Å². The normalized spacial score (nSPS) is 15.6. The van der Waals surface area contributed by atoms with Crippen molar-refractivity contribution in [3.8, 4) is 0 Å². The Bertz CT molecular complexity index is 716. The van der Waals surface area contributed by atoms with E-state index in [1.807, 2.05) is 17.7 Å². The van der Waals surface area contributed by atoms with Gasteiger partial charge in [0, 0.05) is 43.6 Å². The minimum atomic E-state index is -0.262. The van der Waals surface area contributed by atoms with Crippen molar-refractivity contribution in [2.45, 2.75) is 52.1 Å². The summed E-state index contributed by atoms with van der Waals surface area (Å²) in [5.41, 5.74) is 2.40. The Morgan fingerprint density at radius 2 is 2.00 bits per heavy atom. The van der Waals surface area contributed by atoms with Gasteiger partial charge < -0.3 is 14.8 Å². The number of aromatic nitrogens is 2. The molecule has 3 rings (SSSR count). The molecule has 134 valence electrons. The third-order valence-electron chi connectivity index (χ3n) is 4.86. The van der Waals surface area contributed by atoms with Gasteiger partial charge in [0.2, 0.25) is 5.91 Å². The number of imidazole rings is 1. The van der Waals surface area contributed by atoms with Gasteiger partial charge in [0.25, 0.3) is 0 Å². The number of nitrogens with zero attached hydrogens (tertiary/aromatic N) is 3. The molecule has 0 aliphatic carbocycles. The van der Waals surface area contributed by atoms with E-state index in [-0.39, 0.29) is 11.9 Å². The molecule has 1 saturated heterocycles. The molecule has 5 nitrogen and oxygen atoms in total. The number of carbonyl (C=O) groups is 1. The van der Waals surface area contributed by atoms with Gasteiger partial charge in [-0.15, -0.1) is 0 Å². The van der Waals surface area contributed by atoms with Crippen molar-refractivity contribution in [3.05, 3.63) is 48.0 Å². The second-order valence-corrected chi connectivity index (χ2v) is 7.11. The van der Waals surface area contributed by atoms with Gasteiger partial charge in [-0.05, 0) is 37.5 Å². The zero-order chi connectivity index (χ0) is 17.8. The van der Waals surface area contributed by atoms with E-state index in [0.29, 0.717) is 12.5 Å². The topological polar surface area (TPSA) is 50.2 Å². The Labute approximate surface area is 150 Å². The van der Waals surface area contributed by atoms with Crippen LogP contribution in [0.5, 0.6) is 0 Å². The predicted octanol–water partition coefficient (Wildman–Crippen LogP) is 3.48. The molecule has 1 fully saturated rings. The van der Waals surface area contributed by atoms with E-state index in [1.54, 1.807) is 6.20 Å². The van der Waals surface area contributed by atoms with E-state index in [0.717, 1.165) is 24.5 Å². The Morgan fingerprint density at radius 3 is 2.72 bits per heavy atom. The molecule has 25 heavy (non-hydrogen) atoms. The number of carbonyl (C=O) groups excluding carboxylic acids is 1. The Kier molecular flexibility index (Phi) is 5.41. The molecule has 2 heterocycles. The lowest BCUT2D eigenvalue weighted by atomic mass is 10.1. The second kappa shape index (κ2) is 7.72. The lowest BCUT2D eigenvalue weighted by molar-refractivity contribution is -0.124. The Hall–Kier alpha value is -2.30. The maximum absolute atomic E-state index is 12.6. The fraction of sp³-hybridized carbons (Fsp3) is 0.500. The third-order valence-corrected chi connectivity index (χ3v) is 4.86. The van der Waals surface area contributed by atoms with Gasteiger partial charge in [-0.3, -0.25) is 4.79 Å². The highest BCUT2D eigenvalue weighted by Crippen LogP contribution is 2.21. The van der Waals surface area contributed by atoms with Gasteiger partial charge in [-0.1, -0.05) is 26.0 Å². The first-order valence-electron chi connectivity index (χ1n) is 9.20. The van der Waals surface area contributed by atoms with Crippen LogP contribution < -0.4 is 10.2 Å². The van der Waals surface area contributed by atoms with Crippen LogP contribution in [0.4, 0.5) is 5.69 Å². The molecule has 1 atom stereocenters. The molecule has 1 N–H and O–H groups in total. The van der Waals surface area contributed by atoms with Crippen molar-refractivity contribution in [2.24, 2.45) is 0 Å². The number of hydrogen-bond donors (Lipinski definition) is 1. The van der Waals surface area contributed by atoms with E-state index in [9.17, 15) is 4.79 Å². The van der Waals surface area contributed by atoms with Gasteiger partial charge >= 0.3 is 0 Å². The minimum Gasteiger partial charge on any atom is -0.372 e. The summed E-state index contributed by atoms with van der Waals surface area (Å²) < 4.78 is 1.96. The van der Waals surface area contributed by atoms with E-state index < -0.39 is 0 Å². The SMILES string of the molecule is CC(C)c1nccn1[C@@H](C)C(=O)NCc1cccc(N2CCCC2)c1. The molecule has 1 aromatic heterocycles. The molecule has 1 aromatic carbocycles. The fourth-order valence-corrected chi connectivity index (χ4v) is 3.40. The number of anilines is 1. The standard InChI is InChI=1S/C20H28N4O/c1-15(2)19-21-9-12-24(19)16(3)20(25)22-14-17-7-6-8-18(13-17)23-10-4-5-11-23/h6-9,12-13,15-16H,4-5,10-11,14H2,1-3H3,(H,22,25)/t16-/m0/s1. The van der Waals surface area contributed by atoms with Crippen LogP contribution in [-0.4, -0.2) is 28.5 Å². The number of benzene rings is 1. The van der Waals surface area contributed by atoms with Gasteiger partial charge in [-0.25, -0.2) is 4.98 Å². The Balaban J connectivity index is 1.62. The summed E-state index contributed by atoms with van der Waals surface area (Å²) in [7, 11) is 0. The molecule has 0 unspecified atom stereocenters. The fourth-order valence-electron chi connectivity index (χ4n) is 3.40. The predicted molar refractivity (Wildman–Crippen MR) is 101 cm³/mol. The average molecular weight is 340 g/mol. The van der Waals surface area contributed by atoms with Crippen LogP contribution >= 0.6 is 0 Å². The summed E-state index contributed by atoms with van der Waals surface area (Å²) in [6, 6.07) is 8.22. The largest absolute Gasteiger partial charge is 0.372 e. The highest BCUT2D eigenvalue weighted by Gasteiger charge is 2.19. The average Bonchev–Trinajstić information content (AvgIpc) is 3.30. The Morgan fingerprint density at radius 1 is 1.24 bits per heavy atom. The van der Waals surface area contributed by atoms with Gasteiger partial charge in [0.1, 0.15) is 11.9 Å². The van der Waals surface area contributed by atoms with E-state index in [1.165, 1.54) is 18.5 Å².